The highest BCUT2D eigenvalue weighted by atomic mass is 16.5. The maximum absolute atomic E-state index is 12.7. The average molecular weight is 318 g/mol. The molecule has 1 aliphatic rings. The molecule has 0 amide bonds. The Kier molecular flexibility index (Phi) is 6.46. The Labute approximate surface area is 140 Å². The quantitative estimate of drug-likeness (QED) is 0.721. The summed E-state index contributed by atoms with van der Waals surface area (Å²) in [6.07, 6.45) is 2.37. The number of hydrogen-bond donors (Lipinski definition) is 0. The SMILES string of the molecule is CCN(CC)c1ccc(C(=O)CN2CCC(C)CC2)c(OC)c1. The molecule has 128 valence electrons. The molecule has 0 aromatic heterocycles. The lowest BCUT2D eigenvalue weighted by molar-refractivity contribution is 0.0897. The predicted octanol–water partition coefficient (Wildman–Crippen LogP) is 3.46. The zero-order valence-corrected chi connectivity index (χ0v) is 15.0. The van der Waals surface area contributed by atoms with E-state index in [0.717, 1.165) is 37.8 Å². The molecule has 0 spiro atoms. The van der Waals surface area contributed by atoms with Crippen molar-refractivity contribution in [2.24, 2.45) is 5.92 Å². The van der Waals surface area contributed by atoms with Crippen molar-refractivity contribution < 1.29 is 9.53 Å². The van der Waals surface area contributed by atoms with E-state index in [-0.39, 0.29) is 5.78 Å². The van der Waals surface area contributed by atoms with Gasteiger partial charge in [0.05, 0.1) is 19.2 Å². The Bertz CT molecular complexity index is 518. The molecule has 0 atom stereocenters. The van der Waals surface area contributed by atoms with Crippen molar-refractivity contribution in [2.45, 2.75) is 33.6 Å². The van der Waals surface area contributed by atoms with Gasteiger partial charge in [0.1, 0.15) is 5.75 Å². The van der Waals surface area contributed by atoms with E-state index in [1.165, 1.54) is 12.8 Å². The second-order valence-electron chi connectivity index (χ2n) is 6.44. The lowest BCUT2D eigenvalue weighted by atomic mass is 9.98. The normalized spacial score (nSPS) is 16.3. The maximum atomic E-state index is 12.7. The summed E-state index contributed by atoms with van der Waals surface area (Å²) >= 11 is 0. The van der Waals surface area contributed by atoms with Gasteiger partial charge in [-0.25, -0.2) is 0 Å². The van der Waals surface area contributed by atoms with Crippen molar-refractivity contribution >= 4 is 11.5 Å². The number of nitrogens with zero attached hydrogens (tertiary/aromatic N) is 2. The predicted molar refractivity (Wildman–Crippen MR) is 95.7 cm³/mol. The van der Waals surface area contributed by atoms with Crippen molar-refractivity contribution in [2.75, 3.05) is 44.7 Å². The van der Waals surface area contributed by atoms with Gasteiger partial charge in [-0.3, -0.25) is 9.69 Å². The number of carbonyl (C=O) groups excluding carboxylic acids is 1. The molecule has 0 unspecified atom stereocenters. The van der Waals surface area contributed by atoms with Crippen molar-refractivity contribution in [3.8, 4) is 5.75 Å². The summed E-state index contributed by atoms with van der Waals surface area (Å²) in [6, 6.07) is 5.93. The van der Waals surface area contributed by atoms with E-state index >= 15 is 0 Å². The number of ether oxygens (including phenoxy) is 1. The lowest BCUT2D eigenvalue weighted by Crippen LogP contribution is -2.36. The van der Waals surface area contributed by atoms with Gasteiger partial charge < -0.3 is 9.64 Å². The largest absolute Gasteiger partial charge is 0.496 e. The van der Waals surface area contributed by atoms with Crippen LogP contribution in [0.15, 0.2) is 18.2 Å². The van der Waals surface area contributed by atoms with Crippen LogP contribution in [0.3, 0.4) is 0 Å². The summed E-state index contributed by atoms with van der Waals surface area (Å²) in [5.74, 6) is 1.62. The number of Topliss-reactive ketones (excluding diaryl/α,β-unsaturated/α-hetero) is 1. The molecular weight excluding hydrogens is 288 g/mol. The Morgan fingerprint density at radius 2 is 1.91 bits per heavy atom. The van der Waals surface area contributed by atoms with Gasteiger partial charge in [0.15, 0.2) is 5.78 Å². The number of piperidine rings is 1. The van der Waals surface area contributed by atoms with E-state index in [1.54, 1.807) is 7.11 Å². The van der Waals surface area contributed by atoms with E-state index in [9.17, 15) is 4.79 Å². The number of anilines is 1. The molecule has 0 saturated carbocycles. The van der Waals surface area contributed by atoms with Crippen LogP contribution in [0, 0.1) is 5.92 Å². The summed E-state index contributed by atoms with van der Waals surface area (Å²) < 4.78 is 5.49. The highest BCUT2D eigenvalue weighted by Gasteiger charge is 2.21. The van der Waals surface area contributed by atoms with Crippen molar-refractivity contribution in [3.05, 3.63) is 23.8 Å². The third kappa shape index (κ3) is 4.47. The first kappa shape index (κ1) is 17.8. The minimum atomic E-state index is 0.155. The first-order chi connectivity index (χ1) is 11.1. The minimum absolute atomic E-state index is 0.155. The Morgan fingerprint density at radius 3 is 2.48 bits per heavy atom. The number of hydrogen-bond acceptors (Lipinski definition) is 4. The minimum Gasteiger partial charge on any atom is -0.496 e. The first-order valence-electron chi connectivity index (χ1n) is 8.77. The fourth-order valence-corrected chi connectivity index (χ4v) is 3.20. The number of likely N-dealkylation sites (tertiary alicyclic amines) is 1. The fraction of sp³-hybridized carbons (Fsp3) is 0.632. The molecule has 1 fully saturated rings. The van der Waals surface area contributed by atoms with E-state index in [1.807, 2.05) is 18.2 Å². The van der Waals surface area contributed by atoms with Crippen LogP contribution in [-0.4, -0.2) is 50.5 Å². The molecule has 1 aliphatic heterocycles. The molecule has 1 saturated heterocycles. The van der Waals surface area contributed by atoms with Gasteiger partial charge in [-0.1, -0.05) is 6.92 Å². The van der Waals surface area contributed by atoms with Crippen LogP contribution in [0.2, 0.25) is 0 Å². The number of benzene rings is 1. The standard InChI is InChI=1S/C19H30N2O2/c1-5-21(6-2)16-7-8-17(19(13-16)23-4)18(22)14-20-11-9-15(3)10-12-20/h7-8,13,15H,5-6,9-12,14H2,1-4H3. The van der Waals surface area contributed by atoms with Gasteiger partial charge >= 0.3 is 0 Å². The summed E-state index contributed by atoms with van der Waals surface area (Å²) in [5, 5.41) is 0. The van der Waals surface area contributed by atoms with Crippen LogP contribution in [0.5, 0.6) is 5.75 Å². The van der Waals surface area contributed by atoms with Gasteiger partial charge in [-0.05, 0) is 57.8 Å². The third-order valence-electron chi connectivity index (χ3n) is 4.86. The molecule has 0 N–H and O–H groups in total. The molecule has 23 heavy (non-hydrogen) atoms. The molecule has 0 radical (unpaired) electrons. The average Bonchev–Trinajstić information content (AvgIpc) is 2.57. The topological polar surface area (TPSA) is 32.8 Å². The van der Waals surface area contributed by atoms with Crippen LogP contribution < -0.4 is 9.64 Å². The molecular formula is C19H30N2O2. The molecule has 0 aliphatic carbocycles. The Balaban J connectivity index is 2.10. The highest BCUT2D eigenvalue weighted by Crippen LogP contribution is 2.27. The van der Waals surface area contributed by atoms with Crippen LogP contribution in [0.25, 0.3) is 0 Å². The highest BCUT2D eigenvalue weighted by molar-refractivity contribution is 6.00. The van der Waals surface area contributed by atoms with Gasteiger partial charge in [-0.15, -0.1) is 0 Å². The summed E-state index contributed by atoms with van der Waals surface area (Å²) in [7, 11) is 1.64. The summed E-state index contributed by atoms with van der Waals surface area (Å²) in [5.41, 5.74) is 1.80. The van der Waals surface area contributed by atoms with Crippen LogP contribution in [0.1, 0.15) is 44.0 Å². The molecule has 0 bridgehead atoms. The second-order valence-corrected chi connectivity index (χ2v) is 6.44. The number of carbonyl (C=O) groups is 1. The fourth-order valence-electron chi connectivity index (χ4n) is 3.20. The second kappa shape index (κ2) is 8.34. The molecule has 1 aromatic rings. The van der Waals surface area contributed by atoms with E-state index in [0.29, 0.717) is 17.9 Å². The molecule has 1 aromatic carbocycles. The van der Waals surface area contributed by atoms with Crippen molar-refractivity contribution in [1.82, 2.24) is 4.90 Å². The van der Waals surface area contributed by atoms with Gasteiger partial charge in [0, 0.05) is 24.8 Å². The third-order valence-corrected chi connectivity index (χ3v) is 4.86. The Hall–Kier alpha value is -1.55. The van der Waals surface area contributed by atoms with Crippen LogP contribution in [0.4, 0.5) is 5.69 Å². The van der Waals surface area contributed by atoms with Crippen LogP contribution in [-0.2, 0) is 0 Å². The molecule has 4 nitrogen and oxygen atoms in total. The summed E-state index contributed by atoms with van der Waals surface area (Å²) in [4.78, 5) is 17.2. The summed E-state index contributed by atoms with van der Waals surface area (Å²) in [6.45, 7) is 11.0. The zero-order chi connectivity index (χ0) is 16.8. The van der Waals surface area contributed by atoms with Crippen molar-refractivity contribution in [3.63, 3.8) is 0 Å². The van der Waals surface area contributed by atoms with Gasteiger partial charge in [-0.2, -0.15) is 0 Å². The Morgan fingerprint density at radius 1 is 1.26 bits per heavy atom. The zero-order valence-electron chi connectivity index (χ0n) is 15.0. The van der Waals surface area contributed by atoms with Crippen molar-refractivity contribution in [1.29, 1.82) is 0 Å². The first-order valence-corrected chi connectivity index (χ1v) is 8.77. The van der Waals surface area contributed by atoms with E-state index in [2.05, 4.69) is 30.6 Å². The monoisotopic (exact) mass is 318 g/mol. The number of methoxy groups -OCH3 is 1. The van der Waals surface area contributed by atoms with Gasteiger partial charge in [0.2, 0.25) is 0 Å². The van der Waals surface area contributed by atoms with Gasteiger partial charge in [0.25, 0.3) is 0 Å². The maximum Gasteiger partial charge on any atom is 0.180 e. The number of rotatable bonds is 7. The van der Waals surface area contributed by atoms with Crippen LogP contribution >= 0.6 is 0 Å². The smallest absolute Gasteiger partial charge is 0.180 e. The molecule has 2 rings (SSSR count). The molecule has 4 heteroatoms. The molecule has 1 heterocycles. The van der Waals surface area contributed by atoms with E-state index < -0.39 is 0 Å². The lowest BCUT2D eigenvalue weighted by Gasteiger charge is -2.29. The van der Waals surface area contributed by atoms with E-state index in [4.69, 9.17) is 4.74 Å². The number of ketones is 1.